The number of hydrogen-bond donors (Lipinski definition) is 0. The Bertz CT molecular complexity index is 791. The van der Waals surface area contributed by atoms with Gasteiger partial charge in [0.05, 0.1) is 6.61 Å². The Morgan fingerprint density at radius 2 is 1.29 bits per heavy atom. The number of benzene rings is 2. The fourth-order valence-corrected chi connectivity index (χ4v) is 6.16. The summed E-state index contributed by atoms with van der Waals surface area (Å²) in [6.45, 7) is 5.38. The summed E-state index contributed by atoms with van der Waals surface area (Å²) in [7, 11) is 0. The summed E-state index contributed by atoms with van der Waals surface area (Å²) in [5, 5.41) is 0. The van der Waals surface area contributed by atoms with Crippen LogP contribution in [0.15, 0.2) is 48.5 Å². The van der Waals surface area contributed by atoms with Gasteiger partial charge in [-0.1, -0.05) is 100 Å². The summed E-state index contributed by atoms with van der Waals surface area (Å²) in [6.07, 6.45) is 20.3. The van der Waals surface area contributed by atoms with E-state index in [1.807, 2.05) is 0 Å². The van der Waals surface area contributed by atoms with Crippen molar-refractivity contribution in [3.8, 4) is 11.1 Å². The first-order chi connectivity index (χ1) is 16.8. The van der Waals surface area contributed by atoms with E-state index in [1.54, 1.807) is 0 Å². The molecule has 1 atom stereocenters. The van der Waals surface area contributed by atoms with E-state index < -0.39 is 0 Å². The van der Waals surface area contributed by atoms with E-state index in [0.717, 1.165) is 18.4 Å². The third-order valence-corrected chi connectivity index (χ3v) is 8.44. The molecule has 1 heterocycles. The summed E-state index contributed by atoms with van der Waals surface area (Å²) in [6, 6.07) is 18.8. The fourth-order valence-electron chi connectivity index (χ4n) is 6.16. The Balaban J connectivity index is 1.19. The molecule has 1 unspecified atom stereocenters. The summed E-state index contributed by atoms with van der Waals surface area (Å²) in [5.41, 5.74) is 5.73. The van der Waals surface area contributed by atoms with Crippen LogP contribution in [-0.4, -0.2) is 6.61 Å². The van der Waals surface area contributed by atoms with Gasteiger partial charge in [-0.05, 0) is 91.4 Å². The second-order valence-electron chi connectivity index (χ2n) is 11.0. The zero-order valence-corrected chi connectivity index (χ0v) is 21.7. The van der Waals surface area contributed by atoms with Crippen LogP contribution in [-0.2, 0) is 11.2 Å². The van der Waals surface area contributed by atoms with E-state index in [1.165, 1.54) is 119 Å². The molecule has 34 heavy (non-hydrogen) atoms. The second-order valence-corrected chi connectivity index (χ2v) is 11.0. The monoisotopic (exact) mass is 459 g/mol. The van der Waals surface area contributed by atoms with Gasteiger partial charge in [-0.25, -0.2) is 0 Å². The van der Waals surface area contributed by atoms with Crippen LogP contribution in [0.5, 0.6) is 0 Å². The Hall–Kier alpha value is -1.60. The highest BCUT2D eigenvalue weighted by Gasteiger charge is 2.29. The summed E-state index contributed by atoms with van der Waals surface area (Å²) >= 11 is 0. The molecule has 1 aliphatic carbocycles. The first-order valence-corrected chi connectivity index (χ1v) is 14.5. The van der Waals surface area contributed by atoms with Gasteiger partial charge in [-0.2, -0.15) is 0 Å². The highest BCUT2D eigenvalue weighted by atomic mass is 16.5. The highest BCUT2D eigenvalue weighted by Crippen LogP contribution is 2.42. The van der Waals surface area contributed by atoms with E-state index in [0.29, 0.717) is 5.92 Å². The molecule has 1 saturated heterocycles. The van der Waals surface area contributed by atoms with Crippen LogP contribution in [0.25, 0.3) is 11.1 Å². The van der Waals surface area contributed by atoms with Crippen molar-refractivity contribution in [2.24, 2.45) is 11.8 Å². The third kappa shape index (κ3) is 7.70. The zero-order valence-electron chi connectivity index (χ0n) is 21.7. The van der Waals surface area contributed by atoms with Crippen LogP contribution in [0.4, 0.5) is 0 Å². The van der Waals surface area contributed by atoms with E-state index >= 15 is 0 Å². The Labute approximate surface area is 209 Å². The average Bonchev–Trinajstić information content (AvgIpc) is 2.91. The minimum absolute atomic E-state index is 0.704. The number of aryl methyl sites for hydroxylation is 1. The van der Waals surface area contributed by atoms with Gasteiger partial charge in [0.1, 0.15) is 0 Å². The lowest BCUT2D eigenvalue weighted by Gasteiger charge is -2.35. The molecule has 0 N–H and O–H groups in total. The average molecular weight is 460 g/mol. The van der Waals surface area contributed by atoms with Gasteiger partial charge in [0, 0.05) is 6.61 Å². The first-order valence-electron chi connectivity index (χ1n) is 14.5. The maximum atomic E-state index is 5.63. The van der Waals surface area contributed by atoms with E-state index in [4.69, 9.17) is 4.74 Å². The van der Waals surface area contributed by atoms with Gasteiger partial charge in [-0.15, -0.1) is 0 Å². The van der Waals surface area contributed by atoms with Crippen LogP contribution >= 0.6 is 0 Å². The summed E-state index contributed by atoms with van der Waals surface area (Å²) in [4.78, 5) is 0. The predicted octanol–water partition coefficient (Wildman–Crippen LogP) is 9.90. The Morgan fingerprint density at radius 3 is 1.91 bits per heavy atom. The molecule has 0 aromatic heterocycles. The SMILES string of the molecule is CCCCCCCCCCc1ccc(-c2ccc([C@H]3CC[C@H](C4[CH]OCCC4)CC3)cc2)cc1. The van der Waals surface area contributed by atoms with Crippen LogP contribution in [0.2, 0.25) is 0 Å². The lowest BCUT2D eigenvalue weighted by Crippen LogP contribution is -2.25. The molecule has 0 bridgehead atoms. The molecule has 2 fully saturated rings. The molecule has 0 amide bonds. The molecule has 1 heteroatoms. The number of ether oxygens (including phenoxy) is 1. The second kappa shape index (κ2) is 14.1. The predicted molar refractivity (Wildman–Crippen MR) is 146 cm³/mol. The van der Waals surface area contributed by atoms with Gasteiger partial charge < -0.3 is 4.74 Å². The molecule has 185 valence electrons. The van der Waals surface area contributed by atoms with Crippen molar-refractivity contribution in [1.82, 2.24) is 0 Å². The topological polar surface area (TPSA) is 9.23 Å². The molecule has 2 aromatic rings. The van der Waals surface area contributed by atoms with Crippen molar-refractivity contribution < 1.29 is 4.74 Å². The minimum atomic E-state index is 0.704. The highest BCUT2D eigenvalue weighted by molar-refractivity contribution is 5.64. The van der Waals surface area contributed by atoms with Crippen LogP contribution in [0.3, 0.4) is 0 Å². The minimum Gasteiger partial charge on any atom is -0.375 e. The van der Waals surface area contributed by atoms with Crippen molar-refractivity contribution in [3.05, 3.63) is 66.3 Å². The Morgan fingerprint density at radius 1 is 0.676 bits per heavy atom. The maximum absolute atomic E-state index is 5.63. The standard InChI is InChI=1S/C33H47O/c1-2-3-4-5-6-7-8-9-11-27-13-15-28(16-14-27)29-17-19-30(20-18-29)31-21-23-32(24-22-31)33-12-10-25-34-26-33/h13-20,26,31-33H,2-12,21-25H2,1H3/t31-,32-,33?. The van der Waals surface area contributed by atoms with Crippen molar-refractivity contribution in [2.75, 3.05) is 6.61 Å². The lowest BCUT2D eigenvalue weighted by molar-refractivity contribution is 0.0762. The van der Waals surface area contributed by atoms with Crippen molar-refractivity contribution in [2.45, 2.75) is 109 Å². The normalized spacial score (nSPS) is 23.1. The molecule has 4 rings (SSSR count). The van der Waals surface area contributed by atoms with Gasteiger partial charge in [0.15, 0.2) is 0 Å². The molecule has 1 aliphatic heterocycles. The molecule has 1 saturated carbocycles. The largest absolute Gasteiger partial charge is 0.375 e. The lowest BCUT2D eigenvalue weighted by atomic mass is 9.72. The van der Waals surface area contributed by atoms with E-state index in [9.17, 15) is 0 Å². The fraction of sp³-hybridized carbons (Fsp3) is 0.606. The smallest absolute Gasteiger partial charge is 0.0870 e. The number of rotatable bonds is 12. The number of unbranched alkanes of at least 4 members (excludes halogenated alkanes) is 7. The zero-order chi connectivity index (χ0) is 23.4. The quantitative estimate of drug-likeness (QED) is 0.287. The van der Waals surface area contributed by atoms with Gasteiger partial charge >= 0.3 is 0 Å². The summed E-state index contributed by atoms with van der Waals surface area (Å²) < 4.78 is 5.63. The molecule has 0 spiro atoms. The van der Waals surface area contributed by atoms with E-state index in [-0.39, 0.29) is 0 Å². The number of hydrogen-bond acceptors (Lipinski definition) is 1. The van der Waals surface area contributed by atoms with Gasteiger partial charge in [0.2, 0.25) is 0 Å². The van der Waals surface area contributed by atoms with Gasteiger partial charge in [0.25, 0.3) is 0 Å². The first kappa shape index (κ1) is 25.5. The Kier molecular flexibility index (Phi) is 10.6. The van der Waals surface area contributed by atoms with Crippen LogP contribution in [0, 0.1) is 18.4 Å². The molecule has 2 aliphatic rings. The van der Waals surface area contributed by atoms with Gasteiger partial charge in [-0.3, -0.25) is 0 Å². The molecule has 1 radical (unpaired) electrons. The van der Waals surface area contributed by atoms with Crippen LogP contribution < -0.4 is 0 Å². The van der Waals surface area contributed by atoms with Crippen molar-refractivity contribution in [3.63, 3.8) is 0 Å². The molecule has 2 aromatic carbocycles. The molecular formula is C33H47O. The van der Waals surface area contributed by atoms with E-state index in [2.05, 4.69) is 62.1 Å². The third-order valence-electron chi connectivity index (χ3n) is 8.44. The molecular weight excluding hydrogens is 412 g/mol. The maximum Gasteiger partial charge on any atom is 0.0870 e. The van der Waals surface area contributed by atoms with Crippen LogP contribution in [0.1, 0.15) is 114 Å². The van der Waals surface area contributed by atoms with Crippen molar-refractivity contribution >= 4 is 0 Å². The van der Waals surface area contributed by atoms with Crippen molar-refractivity contribution in [1.29, 1.82) is 0 Å². The molecule has 1 nitrogen and oxygen atoms in total. The summed E-state index contributed by atoms with van der Waals surface area (Å²) in [5.74, 6) is 2.29.